The van der Waals surface area contributed by atoms with Crippen LogP contribution in [0.5, 0.6) is 5.88 Å². The summed E-state index contributed by atoms with van der Waals surface area (Å²) in [6.07, 6.45) is 1.64. The number of hydrogen-bond donors (Lipinski definition) is 1. The first-order valence-corrected chi connectivity index (χ1v) is 9.93. The van der Waals surface area contributed by atoms with Gasteiger partial charge in [-0.15, -0.1) is 0 Å². The standard InChI is InChI=1S/C23H21FN4O4/c1-14-21-18(11-19(27-23(21)32-28-14)16-4-6-17(24)7-5-16)22(29)26-13-15-3-8-20(25-12-15)31-10-9-30-2/h3-8,11-12H,9-10,13H2,1-2H3,(H,26,29). The van der Waals surface area contributed by atoms with Gasteiger partial charge >= 0.3 is 0 Å². The first-order chi connectivity index (χ1) is 15.5. The van der Waals surface area contributed by atoms with E-state index in [-0.39, 0.29) is 24.0 Å². The molecule has 1 amide bonds. The first-order valence-electron chi connectivity index (χ1n) is 9.93. The van der Waals surface area contributed by atoms with Crippen LogP contribution in [0.15, 0.2) is 53.2 Å². The molecule has 0 radical (unpaired) electrons. The Balaban J connectivity index is 1.54. The Kier molecular flexibility index (Phi) is 6.37. The van der Waals surface area contributed by atoms with Gasteiger partial charge in [0, 0.05) is 31.5 Å². The molecule has 0 aliphatic carbocycles. The van der Waals surface area contributed by atoms with Crippen molar-refractivity contribution in [3.63, 3.8) is 0 Å². The van der Waals surface area contributed by atoms with Crippen molar-refractivity contribution in [2.45, 2.75) is 13.5 Å². The number of ether oxygens (including phenoxy) is 2. The zero-order valence-corrected chi connectivity index (χ0v) is 17.6. The summed E-state index contributed by atoms with van der Waals surface area (Å²) in [7, 11) is 1.60. The number of nitrogens with zero attached hydrogens (tertiary/aromatic N) is 3. The number of carbonyl (C=O) groups is 1. The maximum Gasteiger partial charge on any atom is 0.259 e. The van der Waals surface area contributed by atoms with Crippen molar-refractivity contribution in [3.8, 4) is 17.1 Å². The number of pyridine rings is 2. The third-order valence-corrected chi connectivity index (χ3v) is 4.79. The molecule has 0 unspecified atom stereocenters. The Morgan fingerprint density at radius 3 is 2.69 bits per heavy atom. The molecule has 9 heteroatoms. The number of benzene rings is 1. The monoisotopic (exact) mass is 436 g/mol. The Bertz CT molecular complexity index is 1220. The number of carbonyl (C=O) groups excluding carboxylic acids is 1. The van der Waals surface area contributed by atoms with Crippen molar-refractivity contribution in [2.24, 2.45) is 0 Å². The summed E-state index contributed by atoms with van der Waals surface area (Å²) in [5, 5.41) is 7.36. The van der Waals surface area contributed by atoms with E-state index < -0.39 is 0 Å². The van der Waals surface area contributed by atoms with E-state index in [4.69, 9.17) is 14.0 Å². The van der Waals surface area contributed by atoms with Crippen LogP contribution in [0.2, 0.25) is 0 Å². The molecule has 0 spiro atoms. The fourth-order valence-corrected chi connectivity index (χ4v) is 3.15. The SMILES string of the molecule is COCCOc1ccc(CNC(=O)c2cc(-c3ccc(F)cc3)nc3onc(C)c23)cn1. The van der Waals surface area contributed by atoms with Crippen LogP contribution >= 0.6 is 0 Å². The minimum Gasteiger partial charge on any atom is -0.475 e. The number of aromatic nitrogens is 3. The first kappa shape index (κ1) is 21.4. The van der Waals surface area contributed by atoms with Crippen molar-refractivity contribution in [2.75, 3.05) is 20.3 Å². The highest BCUT2D eigenvalue weighted by Crippen LogP contribution is 2.27. The molecule has 0 saturated carbocycles. The summed E-state index contributed by atoms with van der Waals surface area (Å²) in [6.45, 7) is 2.90. The average Bonchev–Trinajstić information content (AvgIpc) is 3.19. The molecule has 3 heterocycles. The smallest absolute Gasteiger partial charge is 0.259 e. The summed E-state index contributed by atoms with van der Waals surface area (Å²) < 4.78 is 29.0. The number of halogens is 1. The number of fused-ring (bicyclic) bond motifs is 1. The van der Waals surface area contributed by atoms with Gasteiger partial charge in [0.15, 0.2) is 0 Å². The number of rotatable bonds is 8. The highest BCUT2D eigenvalue weighted by Gasteiger charge is 2.19. The van der Waals surface area contributed by atoms with Gasteiger partial charge in [-0.25, -0.2) is 14.4 Å². The normalized spacial score (nSPS) is 11.0. The Hall–Kier alpha value is -3.85. The Morgan fingerprint density at radius 1 is 1.16 bits per heavy atom. The second-order valence-corrected chi connectivity index (χ2v) is 7.04. The molecule has 0 bridgehead atoms. The quantitative estimate of drug-likeness (QED) is 0.421. The summed E-state index contributed by atoms with van der Waals surface area (Å²) in [5.41, 5.74) is 3.13. The van der Waals surface area contributed by atoms with Crippen LogP contribution in [0.1, 0.15) is 21.6 Å². The molecule has 1 N–H and O–H groups in total. The van der Waals surface area contributed by atoms with Crippen molar-refractivity contribution < 1.29 is 23.2 Å². The van der Waals surface area contributed by atoms with E-state index in [9.17, 15) is 9.18 Å². The average molecular weight is 436 g/mol. The minimum absolute atomic E-state index is 0.244. The van der Waals surface area contributed by atoms with Crippen molar-refractivity contribution in [3.05, 3.63) is 71.3 Å². The lowest BCUT2D eigenvalue weighted by Crippen LogP contribution is -2.23. The van der Waals surface area contributed by atoms with Gasteiger partial charge in [0.2, 0.25) is 5.88 Å². The second-order valence-electron chi connectivity index (χ2n) is 7.04. The van der Waals surface area contributed by atoms with Crippen LogP contribution in [-0.4, -0.2) is 41.4 Å². The van der Waals surface area contributed by atoms with Gasteiger partial charge in [0.05, 0.1) is 28.9 Å². The largest absolute Gasteiger partial charge is 0.475 e. The van der Waals surface area contributed by atoms with Crippen LogP contribution < -0.4 is 10.1 Å². The highest BCUT2D eigenvalue weighted by atomic mass is 19.1. The topological polar surface area (TPSA) is 99.4 Å². The van der Waals surface area contributed by atoms with Crippen molar-refractivity contribution in [1.82, 2.24) is 20.4 Å². The van der Waals surface area contributed by atoms with Gasteiger partial charge in [-0.05, 0) is 42.8 Å². The predicted octanol–water partition coefficient (Wildman–Crippen LogP) is 3.69. The van der Waals surface area contributed by atoms with Crippen LogP contribution in [0.25, 0.3) is 22.4 Å². The minimum atomic E-state index is -0.355. The van der Waals surface area contributed by atoms with E-state index in [0.717, 1.165) is 5.56 Å². The van der Waals surface area contributed by atoms with E-state index in [1.165, 1.54) is 12.1 Å². The number of methoxy groups -OCH3 is 1. The van der Waals surface area contributed by atoms with Crippen LogP contribution in [0.3, 0.4) is 0 Å². The lowest BCUT2D eigenvalue weighted by atomic mass is 10.0. The zero-order valence-electron chi connectivity index (χ0n) is 17.6. The molecule has 0 fully saturated rings. The molecule has 0 aliphatic heterocycles. The van der Waals surface area contributed by atoms with E-state index in [1.807, 2.05) is 6.07 Å². The molecule has 0 atom stereocenters. The number of amides is 1. The zero-order chi connectivity index (χ0) is 22.5. The van der Waals surface area contributed by atoms with Gasteiger partial charge in [-0.1, -0.05) is 11.2 Å². The molecule has 4 aromatic rings. The van der Waals surface area contributed by atoms with E-state index in [1.54, 1.807) is 44.5 Å². The molecule has 32 heavy (non-hydrogen) atoms. The molecule has 0 saturated heterocycles. The number of hydrogen-bond acceptors (Lipinski definition) is 7. The lowest BCUT2D eigenvalue weighted by molar-refractivity contribution is 0.0952. The Morgan fingerprint density at radius 2 is 1.97 bits per heavy atom. The molecule has 0 aliphatic rings. The predicted molar refractivity (Wildman–Crippen MR) is 115 cm³/mol. The van der Waals surface area contributed by atoms with Gasteiger partial charge in [-0.3, -0.25) is 4.79 Å². The van der Waals surface area contributed by atoms with E-state index in [2.05, 4.69) is 20.4 Å². The fourth-order valence-electron chi connectivity index (χ4n) is 3.15. The summed E-state index contributed by atoms with van der Waals surface area (Å²) in [6, 6.07) is 11.1. The van der Waals surface area contributed by atoms with Gasteiger partial charge in [0.25, 0.3) is 11.6 Å². The van der Waals surface area contributed by atoms with E-state index in [0.29, 0.717) is 47.0 Å². The highest BCUT2D eigenvalue weighted by molar-refractivity contribution is 6.06. The molecule has 1 aromatic carbocycles. The van der Waals surface area contributed by atoms with Crippen molar-refractivity contribution >= 4 is 17.0 Å². The van der Waals surface area contributed by atoms with Crippen molar-refractivity contribution in [1.29, 1.82) is 0 Å². The second kappa shape index (κ2) is 9.52. The molecule has 8 nitrogen and oxygen atoms in total. The third-order valence-electron chi connectivity index (χ3n) is 4.79. The molecule has 4 rings (SSSR count). The van der Waals surface area contributed by atoms with Gasteiger partial charge in [0.1, 0.15) is 12.4 Å². The molecule has 3 aromatic heterocycles. The summed E-state index contributed by atoms with van der Waals surface area (Å²) in [5.74, 6) is -0.184. The fraction of sp³-hybridized carbons (Fsp3) is 0.217. The van der Waals surface area contributed by atoms with Crippen LogP contribution in [-0.2, 0) is 11.3 Å². The molecule has 164 valence electrons. The number of nitrogens with one attached hydrogen (secondary N) is 1. The Labute approximate surface area is 183 Å². The molecular weight excluding hydrogens is 415 g/mol. The maximum atomic E-state index is 13.3. The summed E-state index contributed by atoms with van der Waals surface area (Å²) in [4.78, 5) is 21.7. The summed E-state index contributed by atoms with van der Waals surface area (Å²) >= 11 is 0. The van der Waals surface area contributed by atoms with Crippen LogP contribution in [0, 0.1) is 12.7 Å². The lowest BCUT2D eigenvalue weighted by Gasteiger charge is -2.09. The van der Waals surface area contributed by atoms with Crippen LogP contribution in [0.4, 0.5) is 4.39 Å². The van der Waals surface area contributed by atoms with Gasteiger partial charge < -0.3 is 19.3 Å². The molecular formula is C23H21FN4O4. The van der Waals surface area contributed by atoms with Gasteiger partial charge in [-0.2, -0.15) is 0 Å². The van der Waals surface area contributed by atoms with E-state index >= 15 is 0 Å². The maximum absolute atomic E-state index is 13.3. The third kappa shape index (κ3) is 4.73. The number of aryl methyl sites for hydroxylation is 1.